The van der Waals surface area contributed by atoms with Gasteiger partial charge in [0.15, 0.2) is 0 Å². The van der Waals surface area contributed by atoms with Crippen LogP contribution in [0.2, 0.25) is 0 Å². The number of carbonyl (C=O) groups is 2. The first-order chi connectivity index (χ1) is 8.99. The molecule has 0 aliphatic heterocycles. The van der Waals surface area contributed by atoms with Crippen LogP contribution in [0.3, 0.4) is 0 Å². The molecule has 4 heteroatoms. The molecule has 0 aliphatic rings. The van der Waals surface area contributed by atoms with Crippen molar-refractivity contribution in [1.29, 1.82) is 0 Å². The van der Waals surface area contributed by atoms with Gasteiger partial charge in [-0.1, -0.05) is 25.1 Å². The van der Waals surface area contributed by atoms with Crippen molar-refractivity contribution in [3.05, 3.63) is 40.6 Å². The molecule has 1 N–H and O–H groups in total. The highest BCUT2D eigenvalue weighted by molar-refractivity contribution is 5.97. The molecule has 0 heterocycles. The van der Waals surface area contributed by atoms with Gasteiger partial charge in [0.05, 0.1) is 7.11 Å². The van der Waals surface area contributed by atoms with Crippen LogP contribution in [0.25, 0.3) is 6.08 Å². The number of amides is 1. The summed E-state index contributed by atoms with van der Waals surface area (Å²) in [4.78, 5) is 22.8. The van der Waals surface area contributed by atoms with Crippen LogP contribution in [0.4, 0.5) is 0 Å². The largest absolute Gasteiger partial charge is 0.464 e. The molecule has 0 bridgehead atoms. The molecule has 0 radical (unpaired) electrons. The zero-order chi connectivity index (χ0) is 14.4. The predicted octanol–water partition coefficient (Wildman–Crippen LogP) is 2.21. The van der Waals surface area contributed by atoms with Crippen molar-refractivity contribution in [2.24, 2.45) is 0 Å². The van der Waals surface area contributed by atoms with E-state index in [0.717, 1.165) is 23.1 Å². The maximum atomic E-state index is 11.7. The first kappa shape index (κ1) is 15.0. The quantitative estimate of drug-likeness (QED) is 0.668. The molecule has 0 aliphatic carbocycles. The van der Waals surface area contributed by atoms with Crippen LogP contribution in [0.1, 0.15) is 30.5 Å². The fraction of sp³-hybridized carbons (Fsp3) is 0.333. The molecule has 19 heavy (non-hydrogen) atoms. The second kappa shape index (κ2) is 6.73. The van der Waals surface area contributed by atoms with E-state index in [0.29, 0.717) is 0 Å². The van der Waals surface area contributed by atoms with E-state index >= 15 is 0 Å². The van der Waals surface area contributed by atoms with Gasteiger partial charge in [-0.15, -0.1) is 0 Å². The summed E-state index contributed by atoms with van der Waals surface area (Å²) in [5, 5.41) is 2.51. The standard InChI is InChI=1S/C15H19NO3/c1-5-12-8-6-7-10(2)13(12)9-14(15(18)19-4)16-11(3)17/h6-9H,5H2,1-4H3,(H,16,17)/b14-9-. The zero-order valence-corrected chi connectivity index (χ0v) is 11.7. The Labute approximate surface area is 113 Å². The lowest BCUT2D eigenvalue weighted by Gasteiger charge is -2.10. The number of rotatable bonds is 4. The summed E-state index contributed by atoms with van der Waals surface area (Å²) in [6.45, 7) is 5.37. The van der Waals surface area contributed by atoms with Crippen molar-refractivity contribution < 1.29 is 14.3 Å². The molecule has 1 amide bonds. The predicted molar refractivity (Wildman–Crippen MR) is 74.4 cm³/mol. The van der Waals surface area contributed by atoms with Crippen LogP contribution < -0.4 is 5.32 Å². The Balaban J connectivity index is 3.28. The van der Waals surface area contributed by atoms with Crippen molar-refractivity contribution in [1.82, 2.24) is 5.32 Å². The second-order valence-electron chi connectivity index (χ2n) is 4.23. The van der Waals surface area contributed by atoms with Gasteiger partial charge >= 0.3 is 5.97 Å². The Hall–Kier alpha value is -2.10. The number of benzene rings is 1. The third-order valence-corrected chi connectivity index (χ3v) is 2.80. The van der Waals surface area contributed by atoms with Gasteiger partial charge < -0.3 is 10.1 Å². The Kier molecular flexibility index (Phi) is 5.30. The van der Waals surface area contributed by atoms with Crippen molar-refractivity contribution in [2.75, 3.05) is 7.11 Å². The fourth-order valence-electron chi connectivity index (χ4n) is 1.85. The van der Waals surface area contributed by atoms with Crippen molar-refractivity contribution in [3.8, 4) is 0 Å². The molecule has 0 unspecified atom stereocenters. The molecule has 0 spiro atoms. The van der Waals surface area contributed by atoms with E-state index in [-0.39, 0.29) is 11.6 Å². The highest BCUT2D eigenvalue weighted by atomic mass is 16.5. The van der Waals surface area contributed by atoms with Gasteiger partial charge in [-0.2, -0.15) is 0 Å². The fourth-order valence-corrected chi connectivity index (χ4v) is 1.85. The van der Waals surface area contributed by atoms with E-state index in [1.807, 2.05) is 32.0 Å². The van der Waals surface area contributed by atoms with Crippen molar-refractivity contribution in [3.63, 3.8) is 0 Å². The maximum Gasteiger partial charge on any atom is 0.354 e. The molecule has 102 valence electrons. The highest BCUT2D eigenvalue weighted by Gasteiger charge is 2.13. The first-order valence-electron chi connectivity index (χ1n) is 6.15. The zero-order valence-electron chi connectivity index (χ0n) is 11.7. The minimum absolute atomic E-state index is 0.152. The number of esters is 1. The number of hydrogen-bond acceptors (Lipinski definition) is 3. The number of nitrogens with one attached hydrogen (secondary N) is 1. The van der Waals surface area contributed by atoms with Gasteiger partial charge in [-0.25, -0.2) is 4.79 Å². The van der Waals surface area contributed by atoms with Gasteiger partial charge in [0.2, 0.25) is 5.91 Å². The van der Waals surface area contributed by atoms with Crippen LogP contribution in [-0.4, -0.2) is 19.0 Å². The minimum atomic E-state index is -0.555. The average molecular weight is 261 g/mol. The first-order valence-corrected chi connectivity index (χ1v) is 6.15. The summed E-state index contributed by atoms with van der Waals surface area (Å²) < 4.78 is 4.68. The number of ether oxygens (including phenoxy) is 1. The summed E-state index contributed by atoms with van der Waals surface area (Å²) in [6.07, 6.45) is 2.52. The van der Waals surface area contributed by atoms with Crippen LogP contribution in [0.15, 0.2) is 23.9 Å². The van der Waals surface area contributed by atoms with Crippen LogP contribution in [0, 0.1) is 6.92 Å². The lowest BCUT2D eigenvalue weighted by Crippen LogP contribution is -2.25. The molecule has 1 rings (SSSR count). The SMILES string of the molecule is CCc1cccc(C)c1/C=C(\NC(C)=O)C(=O)OC. The monoisotopic (exact) mass is 261 g/mol. The molecule has 0 saturated heterocycles. The van der Waals surface area contributed by atoms with E-state index in [2.05, 4.69) is 10.1 Å². The van der Waals surface area contributed by atoms with Crippen molar-refractivity contribution in [2.45, 2.75) is 27.2 Å². The second-order valence-corrected chi connectivity index (χ2v) is 4.23. The molecular formula is C15H19NO3. The molecule has 1 aromatic rings. The van der Waals surface area contributed by atoms with Gasteiger partial charge in [-0.05, 0) is 36.1 Å². The molecule has 1 aromatic carbocycles. The Morgan fingerprint density at radius 1 is 1.37 bits per heavy atom. The number of carbonyl (C=O) groups excluding carboxylic acids is 2. The van der Waals surface area contributed by atoms with Crippen LogP contribution >= 0.6 is 0 Å². The normalized spacial score (nSPS) is 11.1. The number of hydrogen-bond donors (Lipinski definition) is 1. The summed E-state index contributed by atoms with van der Waals surface area (Å²) in [6, 6.07) is 5.94. The third kappa shape index (κ3) is 3.95. The average Bonchev–Trinajstić information content (AvgIpc) is 2.38. The van der Waals surface area contributed by atoms with E-state index in [1.165, 1.54) is 14.0 Å². The Morgan fingerprint density at radius 2 is 2.05 bits per heavy atom. The highest BCUT2D eigenvalue weighted by Crippen LogP contribution is 2.18. The lowest BCUT2D eigenvalue weighted by atomic mass is 9.99. The molecule has 0 fully saturated rings. The number of methoxy groups -OCH3 is 1. The summed E-state index contributed by atoms with van der Waals surface area (Å²) in [5.74, 6) is -0.858. The van der Waals surface area contributed by atoms with Gasteiger partial charge in [0, 0.05) is 6.92 Å². The van der Waals surface area contributed by atoms with Crippen LogP contribution in [-0.2, 0) is 20.7 Å². The van der Waals surface area contributed by atoms with Crippen molar-refractivity contribution >= 4 is 18.0 Å². The van der Waals surface area contributed by atoms with E-state index in [9.17, 15) is 9.59 Å². The Bertz CT molecular complexity index is 518. The molecule has 0 atom stereocenters. The minimum Gasteiger partial charge on any atom is -0.464 e. The summed E-state index contributed by atoms with van der Waals surface area (Å²) in [7, 11) is 1.29. The van der Waals surface area contributed by atoms with Gasteiger partial charge in [0.1, 0.15) is 5.70 Å². The van der Waals surface area contributed by atoms with E-state index in [1.54, 1.807) is 6.08 Å². The topological polar surface area (TPSA) is 55.4 Å². The lowest BCUT2D eigenvalue weighted by molar-refractivity contribution is -0.137. The number of aryl methyl sites for hydroxylation is 2. The molecule has 0 saturated carbocycles. The molecular weight excluding hydrogens is 242 g/mol. The van der Waals surface area contributed by atoms with E-state index < -0.39 is 5.97 Å². The smallest absolute Gasteiger partial charge is 0.354 e. The molecule has 4 nitrogen and oxygen atoms in total. The van der Waals surface area contributed by atoms with E-state index in [4.69, 9.17) is 0 Å². The van der Waals surface area contributed by atoms with Gasteiger partial charge in [-0.3, -0.25) is 4.79 Å². The Morgan fingerprint density at radius 3 is 2.58 bits per heavy atom. The van der Waals surface area contributed by atoms with Crippen LogP contribution in [0.5, 0.6) is 0 Å². The third-order valence-electron chi connectivity index (χ3n) is 2.80. The van der Waals surface area contributed by atoms with Gasteiger partial charge in [0.25, 0.3) is 0 Å². The summed E-state index contributed by atoms with van der Waals surface area (Å²) >= 11 is 0. The molecule has 0 aromatic heterocycles. The maximum absolute atomic E-state index is 11.7. The summed E-state index contributed by atoms with van der Waals surface area (Å²) in [5.41, 5.74) is 3.26.